The first-order chi connectivity index (χ1) is 14.6. The van der Waals surface area contributed by atoms with E-state index in [1.54, 1.807) is 7.11 Å². The number of phenolic OH excluding ortho intramolecular Hbond substituents is 1. The lowest BCUT2D eigenvalue weighted by Crippen LogP contribution is -2.46. The molecule has 2 rings (SSSR count). The summed E-state index contributed by atoms with van der Waals surface area (Å²) in [7, 11) is 3.01. The van der Waals surface area contributed by atoms with Gasteiger partial charge in [-0.25, -0.2) is 0 Å². The van der Waals surface area contributed by atoms with Crippen molar-refractivity contribution in [3.63, 3.8) is 0 Å². The van der Waals surface area contributed by atoms with Crippen molar-refractivity contribution < 1.29 is 14.7 Å². The maximum atomic E-state index is 10.9. The molecule has 3 N–H and O–H groups in total. The van der Waals surface area contributed by atoms with Crippen LogP contribution < -0.4 is 10.5 Å². The minimum atomic E-state index is 0.0591. The van der Waals surface area contributed by atoms with Crippen LogP contribution in [0.4, 0.5) is 0 Å². The van der Waals surface area contributed by atoms with Crippen molar-refractivity contribution >= 4 is 17.8 Å². The highest BCUT2D eigenvalue weighted by atomic mass is 35.5. The van der Waals surface area contributed by atoms with Crippen LogP contribution in [0.5, 0.6) is 11.5 Å². The summed E-state index contributed by atoms with van der Waals surface area (Å²) in [6.45, 7) is 10.7. The zero-order valence-corrected chi connectivity index (χ0v) is 20.6. The molecule has 1 aromatic rings. The van der Waals surface area contributed by atoms with Gasteiger partial charge in [0, 0.05) is 17.2 Å². The van der Waals surface area contributed by atoms with Gasteiger partial charge in [0.2, 0.25) is 0 Å². The molecule has 0 heterocycles. The Morgan fingerprint density at radius 3 is 2.61 bits per heavy atom. The Morgan fingerprint density at radius 1 is 1.32 bits per heavy atom. The first-order valence-electron chi connectivity index (χ1n) is 10.8. The molecule has 0 saturated heterocycles. The molecular formula is C25H37ClN2O3. The van der Waals surface area contributed by atoms with Gasteiger partial charge in [0.05, 0.1) is 18.3 Å². The average Bonchev–Trinajstić information content (AvgIpc) is 2.75. The van der Waals surface area contributed by atoms with Gasteiger partial charge in [0.15, 0.2) is 0 Å². The smallest absolute Gasteiger partial charge is 0.144 e. The lowest BCUT2D eigenvalue weighted by Gasteiger charge is -2.46. The van der Waals surface area contributed by atoms with Gasteiger partial charge < -0.3 is 20.4 Å². The number of oxime groups is 1. The number of nitrogens with zero attached hydrogens (tertiary/aromatic N) is 1. The van der Waals surface area contributed by atoms with E-state index in [1.807, 2.05) is 6.92 Å². The van der Waals surface area contributed by atoms with Crippen LogP contribution in [0.3, 0.4) is 0 Å². The number of phenols is 1. The van der Waals surface area contributed by atoms with E-state index in [0.717, 1.165) is 18.4 Å². The van der Waals surface area contributed by atoms with Gasteiger partial charge in [-0.05, 0) is 55.9 Å². The average molecular weight is 449 g/mol. The molecule has 0 aromatic heterocycles. The van der Waals surface area contributed by atoms with Gasteiger partial charge in [-0.1, -0.05) is 61.3 Å². The summed E-state index contributed by atoms with van der Waals surface area (Å²) in [6.07, 6.45) is 10.7. The van der Waals surface area contributed by atoms with Gasteiger partial charge >= 0.3 is 0 Å². The summed E-state index contributed by atoms with van der Waals surface area (Å²) in [5.74, 6) is 1.57. The number of rotatable bonds is 7. The second-order valence-electron chi connectivity index (χ2n) is 8.91. The molecule has 5 nitrogen and oxygen atoms in total. The van der Waals surface area contributed by atoms with Gasteiger partial charge in [0.1, 0.15) is 18.6 Å². The standard InChI is InChI=1S/C25H37ClN2O3/c1-15(12-13-25(5)16(2)9-11-21(27)18(25)4)8-10-19-23(29)20(14-28-31-7)17(3)22(26)24(19)30-6/h8,12-14,16,18,21,29H,9-11,27H2,1-7H3/b13-12+,15-8+,28-14+/t16-,18+,21?,25-/m1/s1. The SMILES string of the molecule is CO/N=C/c1c(C)c(Cl)c(OC)c(C/C=C(C)/C=C/[C@]2(C)[C@H](C)CCC(N)[C@@H]2C)c1O. The minimum absolute atomic E-state index is 0.0591. The normalized spacial score (nSPS) is 27.3. The van der Waals surface area contributed by atoms with Crippen molar-refractivity contribution in [1.82, 2.24) is 0 Å². The summed E-state index contributed by atoms with van der Waals surface area (Å²) >= 11 is 6.51. The molecule has 172 valence electrons. The second kappa shape index (κ2) is 10.6. The molecule has 0 bridgehead atoms. The molecular weight excluding hydrogens is 412 g/mol. The molecule has 1 aliphatic rings. The number of nitrogens with two attached hydrogens (primary N) is 1. The number of methoxy groups -OCH3 is 1. The summed E-state index contributed by atoms with van der Waals surface area (Å²) in [5.41, 5.74) is 9.35. The number of halogens is 1. The Hall–Kier alpha value is -1.98. The van der Waals surface area contributed by atoms with E-state index in [2.05, 4.69) is 51.1 Å². The maximum Gasteiger partial charge on any atom is 0.144 e. The zero-order valence-electron chi connectivity index (χ0n) is 19.8. The predicted octanol–water partition coefficient (Wildman–Crippen LogP) is 5.79. The molecule has 1 unspecified atom stereocenters. The number of benzene rings is 1. The Bertz CT molecular complexity index is 878. The van der Waals surface area contributed by atoms with Gasteiger partial charge in [-0.2, -0.15) is 0 Å². The number of ether oxygens (including phenoxy) is 1. The summed E-state index contributed by atoms with van der Waals surface area (Å²) < 4.78 is 5.51. The third-order valence-corrected chi connectivity index (χ3v) is 7.65. The van der Waals surface area contributed by atoms with Crippen molar-refractivity contribution in [2.45, 2.75) is 59.9 Å². The summed E-state index contributed by atoms with van der Waals surface area (Å²) in [6, 6.07) is 0.234. The van der Waals surface area contributed by atoms with E-state index in [0.29, 0.717) is 45.7 Å². The zero-order chi connectivity index (χ0) is 23.3. The molecule has 4 atom stereocenters. The largest absolute Gasteiger partial charge is 0.507 e. The highest BCUT2D eigenvalue weighted by Crippen LogP contribution is 2.46. The Labute approximate surface area is 191 Å². The molecule has 0 amide bonds. The van der Waals surface area contributed by atoms with Crippen LogP contribution in [0.1, 0.15) is 57.2 Å². The van der Waals surface area contributed by atoms with Crippen molar-refractivity contribution in [2.75, 3.05) is 14.2 Å². The minimum Gasteiger partial charge on any atom is -0.507 e. The monoisotopic (exact) mass is 448 g/mol. The number of hydrogen-bond donors (Lipinski definition) is 2. The highest BCUT2D eigenvalue weighted by molar-refractivity contribution is 6.33. The predicted molar refractivity (Wildman–Crippen MR) is 129 cm³/mol. The Balaban J connectivity index is 2.35. The van der Waals surface area contributed by atoms with Crippen molar-refractivity contribution in [1.29, 1.82) is 0 Å². The highest BCUT2D eigenvalue weighted by Gasteiger charge is 2.40. The van der Waals surface area contributed by atoms with Crippen molar-refractivity contribution in [3.8, 4) is 11.5 Å². The van der Waals surface area contributed by atoms with E-state index in [4.69, 9.17) is 26.9 Å². The first-order valence-corrected chi connectivity index (χ1v) is 11.2. The molecule has 1 saturated carbocycles. The first kappa shape index (κ1) is 25.3. The van der Waals surface area contributed by atoms with Crippen LogP contribution in [-0.4, -0.2) is 31.6 Å². The third-order valence-electron chi connectivity index (χ3n) is 7.19. The van der Waals surface area contributed by atoms with Crippen LogP contribution >= 0.6 is 11.6 Å². The molecule has 0 aliphatic heterocycles. The van der Waals surface area contributed by atoms with Gasteiger partial charge in [0.25, 0.3) is 0 Å². The molecule has 1 aliphatic carbocycles. The quantitative estimate of drug-likeness (QED) is 0.314. The molecule has 0 spiro atoms. The molecule has 1 fully saturated rings. The summed E-state index contributed by atoms with van der Waals surface area (Å²) in [5, 5.41) is 15.1. The van der Waals surface area contributed by atoms with Crippen LogP contribution in [0.25, 0.3) is 0 Å². The molecule has 31 heavy (non-hydrogen) atoms. The lowest BCUT2D eigenvalue weighted by molar-refractivity contribution is 0.0952. The van der Waals surface area contributed by atoms with E-state index in [-0.39, 0.29) is 17.2 Å². The fourth-order valence-corrected chi connectivity index (χ4v) is 4.70. The van der Waals surface area contributed by atoms with Crippen LogP contribution in [0, 0.1) is 24.2 Å². The van der Waals surface area contributed by atoms with E-state index < -0.39 is 0 Å². The number of aromatic hydroxyl groups is 1. The topological polar surface area (TPSA) is 77.1 Å². The number of hydrogen-bond acceptors (Lipinski definition) is 5. The lowest BCUT2D eigenvalue weighted by atomic mass is 9.60. The van der Waals surface area contributed by atoms with E-state index in [9.17, 15) is 5.11 Å². The van der Waals surface area contributed by atoms with E-state index in [1.165, 1.54) is 13.3 Å². The van der Waals surface area contributed by atoms with Crippen molar-refractivity contribution in [3.05, 3.63) is 45.5 Å². The van der Waals surface area contributed by atoms with E-state index >= 15 is 0 Å². The third kappa shape index (κ3) is 5.27. The fourth-order valence-electron chi connectivity index (χ4n) is 4.41. The number of allylic oxidation sites excluding steroid dienone is 4. The Kier molecular flexibility index (Phi) is 8.61. The maximum absolute atomic E-state index is 10.9. The molecule has 6 heteroatoms. The van der Waals surface area contributed by atoms with Gasteiger partial charge in [-0.3, -0.25) is 0 Å². The molecule has 1 aromatic carbocycles. The van der Waals surface area contributed by atoms with Crippen molar-refractivity contribution in [2.24, 2.45) is 28.1 Å². The summed E-state index contributed by atoms with van der Waals surface area (Å²) in [4.78, 5) is 4.77. The fraction of sp³-hybridized carbons (Fsp3) is 0.560. The van der Waals surface area contributed by atoms with Crippen LogP contribution in [0.15, 0.2) is 29.0 Å². The van der Waals surface area contributed by atoms with Gasteiger partial charge in [-0.15, -0.1) is 0 Å². The second-order valence-corrected chi connectivity index (χ2v) is 9.29. The van der Waals surface area contributed by atoms with Crippen LogP contribution in [-0.2, 0) is 11.3 Å². The van der Waals surface area contributed by atoms with Crippen LogP contribution in [0.2, 0.25) is 5.02 Å². The Morgan fingerprint density at radius 2 is 2.00 bits per heavy atom. The molecule has 0 radical (unpaired) electrons.